The normalized spacial score (nSPS) is 22.8. The number of thioether (sulfide) groups is 1. The molecule has 0 saturated carbocycles. The predicted octanol–water partition coefficient (Wildman–Crippen LogP) is 2.44. The van der Waals surface area contributed by atoms with Crippen LogP contribution in [0, 0.1) is 0 Å². The number of aromatic nitrogens is 2. The van der Waals surface area contributed by atoms with Gasteiger partial charge >= 0.3 is 0 Å². The molecule has 30 heavy (non-hydrogen) atoms. The number of nitrogens with zero attached hydrogens (tertiary/aromatic N) is 3. The van der Waals surface area contributed by atoms with Crippen LogP contribution < -0.4 is 10.2 Å². The van der Waals surface area contributed by atoms with Gasteiger partial charge in [0.1, 0.15) is 0 Å². The van der Waals surface area contributed by atoms with Gasteiger partial charge in [-0.05, 0) is 31.4 Å². The first-order valence-corrected chi connectivity index (χ1v) is 13.5. The predicted molar refractivity (Wildman–Crippen MR) is 119 cm³/mol. The monoisotopic (exact) mass is 468 g/mol. The van der Waals surface area contributed by atoms with Gasteiger partial charge in [0, 0.05) is 18.8 Å². The minimum atomic E-state index is -3.10. The fourth-order valence-electron chi connectivity index (χ4n) is 3.67. The van der Waals surface area contributed by atoms with Crippen LogP contribution in [-0.2, 0) is 19.4 Å². The van der Waals surface area contributed by atoms with Crippen LogP contribution in [0.2, 0.25) is 0 Å². The van der Waals surface area contributed by atoms with Crippen molar-refractivity contribution in [1.82, 2.24) is 10.2 Å². The molecule has 8 nitrogen and oxygen atoms in total. The Morgan fingerprint density at radius 2 is 2.10 bits per heavy atom. The average molecular weight is 469 g/mol. The van der Waals surface area contributed by atoms with Gasteiger partial charge in [-0.25, -0.2) is 8.42 Å². The molecule has 2 aliphatic heterocycles. The average Bonchev–Trinajstić information content (AvgIpc) is 3.47. The number of sulfone groups is 1. The lowest BCUT2D eigenvalue weighted by molar-refractivity contribution is -0.116. The smallest absolute Gasteiger partial charge is 0.237 e. The van der Waals surface area contributed by atoms with E-state index in [-0.39, 0.29) is 35.3 Å². The van der Waals surface area contributed by atoms with Gasteiger partial charge in [0.25, 0.3) is 0 Å². The van der Waals surface area contributed by atoms with Gasteiger partial charge in [-0.3, -0.25) is 4.79 Å². The summed E-state index contributed by atoms with van der Waals surface area (Å²) < 4.78 is 30.2. The van der Waals surface area contributed by atoms with E-state index in [1.54, 1.807) is 4.90 Å². The van der Waals surface area contributed by atoms with Crippen LogP contribution in [0.25, 0.3) is 0 Å². The molecule has 2 fully saturated rings. The number of rotatable bonds is 8. The number of hydrogen-bond donors (Lipinski definition) is 1. The van der Waals surface area contributed by atoms with Crippen LogP contribution in [0.4, 0.5) is 10.8 Å². The van der Waals surface area contributed by atoms with E-state index >= 15 is 0 Å². The number of anilines is 2. The second kappa shape index (κ2) is 9.63. The van der Waals surface area contributed by atoms with Crippen LogP contribution in [0.1, 0.15) is 19.3 Å². The zero-order chi connectivity index (χ0) is 21.0. The number of carbonyl (C=O) groups excluding carboxylic acids is 1. The Labute approximate surface area is 184 Å². The molecule has 0 unspecified atom stereocenters. The summed E-state index contributed by atoms with van der Waals surface area (Å²) in [6.07, 6.45) is 2.82. The number of para-hydroxylation sites is 1. The minimum absolute atomic E-state index is 0.00835. The van der Waals surface area contributed by atoms with Crippen molar-refractivity contribution < 1.29 is 17.9 Å². The van der Waals surface area contributed by atoms with Crippen LogP contribution in [0.5, 0.6) is 0 Å². The van der Waals surface area contributed by atoms with E-state index in [1.165, 1.54) is 23.1 Å². The Morgan fingerprint density at radius 3 is 2.80 bits per heavy atom. The molecule has 2 aliphatic rings. The summed E-state index contributed by atoms with van der Waals surface area (Å²) in [5.41, 5.74) is 0.724. The summed E-state index contributed by atoms with van der Waals surface area (Å²) in [6.45, 7) is 1.52. The molecule has 11 heteroatoms. The third-order valence-corrected chi connectivity index (χ3v) is 8.86. The fourth-order valence-corrected chi connectivity index (χ4v) is 6.98. The quantitative estimate of drug-likeness (QED) is 0.590. The summed E-state index contributed by atoms with van der Waals surface area (Å²) in [6, 6.07) is 8.92. The molecule has 0 aliphatic carbocycles. The van der Waals surface area contributed by atoms with E-state index in [2.05, 4.69) is 15.5 Å². The van der Waals surface area contributed by atoms with E-state index in [9.17, 15) is 13.2 Å². The van der Waals surface area contributed by atoms with E-state index in [1.807, 2.05) is 30.3 Å². The first kappa shape index (κ1) is 21.5. The van der Waals surface area contributed by atoms with Crippen LogP contribution >= 0.6 is 23.1 Å². The van der Waals surface area contributed by atoms with Crippen molar-refractivity contribution in [3.05, 3.63) is 30.3 Å². The number of carbonyl (C=O) groups is 1. The molecule has 1 aromatic heterocycles. The maximum atomic E-state index is 13.1. The second-order valence-electron chi connectivity index (χ2n) is 7.33. The molecule has 162 valence electrons. The van der Waals surface area contributed by atoms with Crippen LogP contribution in [-0.4, -0.2) is 67.1 Å². The Kier molecular flexibility index (Phi) is 6.91. The Morgan fingerprint density at radius 1 is 1.27 bits per heavy atom. The molecule has 2 aromatic rings. The van der Waals surface area contributed by atoms with E-state index in [0.29, 0.717) is 22.4 Å². The molecule has 2 atom stereocenters. The van der Waals surface area contributed by atoms with Crippen LogP contribution in [0.15, 0.2) is 34.7 Å². The topological polar surface area (TPSA) is 101 Å². The molecule has 1 amide bonds. The second-order valence-corrected chi connectivity index (χ2v) is 11.8. The summed E-state index contributed by atoms with van der Waals surface area (Å²) in [7, 11) is -3.10. The molecule has 1 aromatic carbocycles. The number of nitrogens with one attached hydrogen (secondary N) is 1. The number of hydrogen-bond acceptors (Lipinski definition) is 9. The fraction of sp³-hybridized carbons (Fsp3) is 0.526. The number of benzene rings is 1. The summed E-state index contributed by atoms with van der Waals surface area (Å²) >= 11 is 2.73. The van der Waals surface area contributed by atoms with Crippen molar-refractivity contribution >= 4 is 49.7 Å². The zero-order valence-electron chi connectivity index (χ0n) is 16.4. The van der Waals surface area contributed by atoms with E-state index in [0.717, 1.165) is 25.1 Å². The molecule has 1 N–H and O–H groups in total. The standard InChI is InChI=1S/C19H24N4O4S3/c24-17(12-28-19-22-21-18(29-19)20-11-16-7-4-9-27-16)23(14-5-2-1-3-6-14)15-8-10-30(25,26)13-15/h1-3,5-6,15-16H,4,7-13H2,(H,20,21)/t15-,16+/m1/s1. The largest absolute Gasteiger partial charge is 0.376 e. The lowest BCUT2D eigenvalue weighted by Gasteiger charge is -2.28. The summed E-state index contributed by atoms with van der Waals surface area (Å²) in [5.74, 6) is 0.176. The van der Waals surface area contributed by atoms with Gasteiger partial charge in [0.2, 0.25) is 11.0 Å². The summed E-state index contributed by atoms with van der Waals surface area (Å²) in [4.78, 5) is 14.7. The maximum absolute atomic E-state index is 13.1. The van der Waals surface area contributed by atoms with Gasteiger partial charge in [-0.15, -0.1) is 10.2 Å². The van der Waals surface area contributed by atoms with Gasteiger partial charge in [0.05, 0.1) is 29.4 Å². The zero-order valence-corrected chi connectivity index (χ0v) is 18.8. The van der Waals surface area contributed by atoms with Crippen LogP contribution in [0.3, 0.4) is 0 Å². The van der Waals surface area contributed by atoms with Crippen molar-refractivity contribution in [2.45, 2.75) is 35.7 Å². The molecule has 3 heterocycles. The highest BCUT2D eigenvalue weighted by molar-refractivity contribution is 8.01. The molecule has 0 bridgehead atoms. The van der Waals surface area contributed by atoms with Crippen molar-refractivity contribution in [2.24, 2.45) is 0 Å². The Balaban J connectivity index is 1.37. The molecule has 4 rings (SSSR count). The molecule has 0 spiro atoms. The highest BCUT2D eigenvalue weighted by Gasteiger charge is 2.35. The Hall–Kier alpha value is -1.69. The van der Waals surface area contributed by atoms with E-state index in [4.69, 9.17) is 4.74 Å². The molecule has 0 radical (unpaired) electrons. The van der Waals surface area contributed by atoms with Gasteiger partial charge in [-0.2, -0.15) is 0 Å². The van der Waals surface area contributed by atoms with Gasteiger partial charge < -0.3 is 15.0 Å². The molecular weight excluding hydrogens is 444 g/mol. The van der Waals surface area contributed by atoms with Crippen molar-refractivity contribution in [2.75, 3.05) is 40.6 Å². The first-order chi connectivity index (χ1) is 14.5. The lowest BCUT2D eigenvalue weighted by atomic mass is 10.2. The van der Waals surface area contributed by atoms with Gasteiger partial charge in [-0.1, -0.05) is 41.3 Å². The number of ether oxygens (including phenoxy) is 1. The highest BCUT2D eigenvalue weighted by Crippen LogP contribution is 2.29. The first-order valence-electron chi connectivity index (χ1n) is 9.89. The third-order valence-electron chi connectivity index (χ3n) is 5.11. The minimum Gasteiger partial charge on any atom is -0.376 e. The molecule has 2 saturated heterocycles. The van der Waals surface area contributed by atoms with Crippen molar-refractivity contribution in [3.63, 3.8) is 0 Å². The van der Waals surface area contributed by atoms with Gasteiger partial charge in [0.15, 0.2) is 14.2 Å². The maximum Gasteiger partial charge on any atom is 0.237 e. The molecular formula is C19H24N4O4S3. The third kappa shape index (κ3) is 5.51. The van der Waals surface area contributed by atoms with Crippen molar-refractivity contribution in [3.8, 4) is 0 Å². The van der Waals surface area contributed by atoms with Crippen molar-refractivity contribution in [1.29, 1.82) is 0 Å². The Bertz CT molecular complexity index is 961. The SMILES string of the molecule is O=C(CSc1nnc(NC[C@@H]2CCCO2)s1)N(c1ccccc1)[C@@H]1CCS(=O)(=O)C1. The highest BCUT2D eigenvalue weighted by atomic mass is 32.2. The lowest BCUT2D eigenvalue weighted by Crippen LogP contribution is -2.42. The summed E-state index contributed by atoms with van der Waals surface area (Å²) in [5, 5.41) is 12.2. The number of amides is 1. The van der Waals surface area contributed by atoms with E-state index < -0.39 is 9.84 Å².